The van der Waals surface area contributed by atoms with E-state index in [-0.39, 0.29) is 16.9 Å². The maximum atomic E-state index is 12.5. The van der Waals surface area contributed by atoms with Crippen LogP contribution in [0.25, 0.3) is 17.0 Å². The molecule has 4 rings (SSSR count). The molecule has 0 saturated heterocycles. The average molecular weight is 439 g/mol. The van der Waals surface area contributed by atoms with Gasteiger partial charge < -0.3 is 14.5 Å². The number of hydrogen-bond donors (Lipinski definition) is 1. The van der Waals surface area contributed by atoms with Crippen LogP contribution < -0.4 is 15.7 Å². The van der Waals surface area contributed by atoms with Gasteiger partial charge in [-0.2, -0.15) is 0 Å². The van der Waals surface area contributed by atoms with Crippen LogP contribution in [0.4, 0.5) is 0 Å². The van der Waals surface area contributed by atoms with Crippen LogP contribution in [0.3, 0.4) is 0 Å². The second kappa shape index (κ2) is 10.2. The standard InChI is InChI=1S/C27H21NO5/c29-25(14-11-19-7-3-1-4-8-19)32-22-13-12-21-17-23(27(31)33-24(21)18-22)26(30)28-16-15-20-9-5-2-6-10-20/h1-14,17-18H,15-16H2,(H,28,30). The molecular formula is C27H21NO5. The van der Waals surface area contributed by atoms with Gasteiger partial charge in [0.2, 0.25) is 0 Å². The zero-order valence-corrected chi connectivity index (χ0v) is 17.7. The van der Waals surface area contributed by atoms with Crippen LogP contribution in [0.1, 0.15) is 21.5 Å². The molecule has 6 heteroatoms. The number of rotatable bonds is 7. The van der Waals surface area contributed by atoms with Crippen LogP contribution >= 0.6 is 0 Å². The Hall–Kier alpha value is -4.45. The largest absolute Gasteiger partial charge is 0.423 e. The fourth-order valence-corrected chi connectivity index (χ4v) is 3.25. The zero-order chi connectivity index (χ0) is 23.0. The predicted octanol–water partition coefficient (Wildman–Crippen LogP) is 4.38. The molecule has 0 spiro atoms. The molecule has 164 valence electrons. The van der Waals surface area contributed by atoms with Gasteiger partial charge in [0.05, 0.1) is 0 Å². The van der Waals surface area contributed by atoms with Gasteiger partial charge in [0, 0.05) is 24.1 Å². The van der Waals surface area contributed by atoms with E-state index in [9.17, 15) is 14.4 Å². The van der Waals surface area contributed by atoms with Gasteiger partial charge in [-0.1, -0.05) is 60.7 Å². The number of benzene rings is 3. The molecule has 0 bridgehead atoms. The Balaban J connectivity index is 1.42. The Bertz CT molecular complexity index is 1360. The zero-order valence-electron chi connectivity index (χ0n) is 17.7. The first-order valence-corrected chi connectivity index (χ1v) is 10.4. The van der Waals surface area contributed by atoms with Crippen LogP contribution in [0, 0.1) is 0 Å². The SMILES string of the molecule is O=C(C=Cc1ccccc1)Oc1ccc2cc(C(=O)NCCc3ccccc3)c(=O)oc2c1. The molecule has 3 aromatic carbocycles. The number of ether oxygens (including phenoxy) is 1. The quantitative estimate of drug-likeness (QED) is 0.200. The lowest BCUT2D eigenvalue weighted by Gasteiger charge is -2.06. The van der Waals surface area contributed by atoms with E-state index in [0.29, 0.717) is 18.4 Å². The van der Waals surface area contributed by atoms with Gasteiger partial charge in [-0.15, -0.1) is 0 Å². The summed E-state index contributed by atoms with van der Waals surface area (Å²) in [5, 5.41) is 3.29. The summed E-state index contributed by atoms with van der Waals surface area (Å²) in [7, 11) is 0. The minimum atomic E-state index is -0.757. The highest BCUT2D eigenvalue weighted by Crippen LogP contribution is 2.21. The van der Waals surface area contributed by atoms with E-state index in [1.165, 1.54) is 18.2 Å². The summed E-state index contributed by atoms with van der Waals surface area (Å²) in [6.07, 6.45) is 3.61. The van der Waals surface area contributed by atoms with Crippen molar-refractivity contribution in [1.82, 2.24) is 5.32 Å². The number of nitrogens with one attached hydrogen (secondary N) is 1. The molecule has 0 aliphatic carbocycles. The highest BCUT2D eigenvalue weighted by Gasteiger charge is 2.14. The first-order chi connectivity index (χ1) is 16.1. The molecule has 0 aliphatic rings. The van der Waals surface area contributed by atoms with Crippen LogP contribution in [0.2, 0.25) is 0 Å². The van der Waals surface area contributed by atoms with E-state index in [2.05, 4.69) is 5.32 Å². The number of hydrogen-bond acceptors (Lipinski definition) is 5. The van der Waals surface area contributed by atoms with Crippen molar-refractivity contribution in [3.05, 3.63) is 118 Å². The van der Waals surface area contributed by atoms with Gasteiger partial charge >= 0.3 is 11.6 Å². The lowest BCUT2D eigenvalue weighted by Crippen LogP contribution is -2.29. The monoisotopic (exact) mass is 439 g/mol. The van der Waals surface area contributed by atoms with E-state index >= 15 is 0 Å². The van der Waals surface area contributed by atoms with Crippen LogP contribution in [0.15, 0.2) is 100 Å². The van der Waals surface area contributed by atoms with Gasteiger partial charge in [-0.05, 0) is 41.8 Å². The average Bonchev–Trinajstić information content (AvgIpc) is 2.83. The van der Waals surface area contributed by atoms with Crippen LogP contribution in [0.5, 0.6) is 5.75 Å². The summed E-state index contributed by atoms with van der Waals surface area (Å²) in [4.78, 5) is 36.9. The van der Waals surface area contributed by atoms with Gasteiger partial charge in [-0.3, -0.25) is 4.79 Å². The molecule has 6 nitrogen and oxygen atoms in total. The van der Waals surface area contributed by atoms with E-state index in [1.54, 1.807) is 18.2 Å². The molecule has 0 saturated carbocycles. The minimum Gasteiger partial charge on any atom is -0.423 e. The van der Waals surface area contributed by atoms with Crippen molar-refractivity contribution in [2.45, 2.75) is 6.42 Å². The fourth-order valence-electron chi connectivity index (χ4n) is 3.25. The van der Waals surface area contributed by atoms with Crippen molar-refractivity contribution in [2.75, 3.05) is 6.54 Å². The highest BCUT2D eigenvalue weighted by molar-refractivity contribution is 5.97. The van der Waals surface area contributed by atoms with Crippen molar-refractivity contribution in [3.8, 4) is 5.75 Å². The molecule has 0 fully saturated rings. The number of esters is 1. The minimum absolute atomic E-state index is 0.0777. The summed E-state index contributed by atoms with van der Waals surface area (Å²) < 4.78 is 10.6. The summed E-state index contributed by atoms with van der Waals surface area (Å²) in [5.74, 6) is -0.827. The number of carbonyl (C=O) groups excluding carboxylic acids is 2. The molecule has 1 heterocycles. The third kappa shape index (κ3) is 5.83. The smallest absolute Gasteiger partial charge is 0.349 e. The molecule has 0 unspecified atom stereocenters. The van der Waals surface area contributed by atoms with Crippen molar-refractivity contribution in [1.29, 1.82) is 0 Å². The Morgan fingerprint density at radius 1 is 0.909 bits per heavy atom. The maximum absolute atomic E-state index is 12.5. The third-order valence-electron chi connectivity index (χ3n) is 4.92. The second-order valence-electron chi connectivity index (χ2n) is 7.30. The van der Waals surface area contributed by atoms with Crippen LogP contribution in [-0.2, 0) is 11.2 Å². The van der Waals surface area contributed by atoms with Crippen LogP contribution in [-0.4, -0.2) is 18.4 Å². The Labute approximate surface area is 190 Å². The summed E-state index contributed by atoms with van der Waals surface area (Å²) >= 11 is 0. The number of amides is 1. The molecule has 0 radical (unpaired) electrons. The third-order valence-corrected chi connectivity index (χ3v) is 4.92. The molecular weight excluding hydrogens is 418 g/mol. The molecule has 1 aromatic heterocycles. The number of fused-ring (bicyclic) bond motifs is 1. The van der Waals surface area contributed by atoms with Crippen molar-refractivity contribution < 1.29 is 18.7 Å². The van der Waals surface area contributed by atoms with Gasteiger partial charge in [0.1, 0.15) is 16.9 Å². The molecule has 4 aromatic rings. The normalized spacial score (nSPS) is 10.9. The maximum Gasteiger partial charge on any atom is 0.349 e. The lowest BCUT2D eigenvalue weighted by atomic mass is 10.1. The van der Waals surface area contributed by atoms with Gasteiger partial charge in [0.15, 0.2) is 0 Å². The lowest BCUT2D eigenvalue weighted by molar-refractivity contribution is -0.128. The molecule has 0 atom stereocenters. The predicted molar refractivity (Wildman–Crippen MR) is 126 cm³/mol. The van der Waals surface area contributed by atoms with E-state index in [4.69, 9.17) is 9.15 Å². The van der Waals surface area contributed by atoms with Gasteiger partial charge in [0.25, 0.3) is 5.91 Å². The molecule has 33 heavy (non-hydrogen) atoms. The van der Waals surface area contributed by atoms with Crippen molar-refractivity contribution in [3.63, 3.8) is 0 Å². The second-order valence-corrected chi connectivity index (χ2v) is 7.30. The van der Waals surface area contributed by atoms with Gasteiger partial charge in [-0.25, -0.2) is 9.59 Å². The van der Waals surface area contributed by atoms with Crippen molar-refractivity contribution in [2.24, 2.45) is 0 Å². The highest BCUT2D eigenvalue weighted by atomic mass is 16.5. The first kappa shape index (κ1) is 21.8. The number of carbonyl (C=O) groups is 2. The summed E-state index contributed by atoms with van der Waals surface area (Å²) in [6.45, 7) is 0.395. The van der Waals surface area contributed by atoms with E-state index in [1.807, 2.05) is 60.7 Å². The summed E-state index contributed by atoms with van der Waals surface area (Å²) in [6, 6.07) is 25.2. The molecule has 1 amide bonds. The summed E-state index contributed by atoms with van der Waals surface area (Å²) in [5.41, 5.74) is 1.34. The Morgan fingerprint density at radius 2 is 1.64 bits per heavy atom. The molecule has 0 aliphatic heterocycles. The van der Waals surface area contributed by atoms with E-state index in [0.717, 1.165) is 11.1 Å². The molecule has 1 N–H and O–H groups in total. The Kier molecular flexibility index (Phi) is 6.75. The Morgan fingerprint density at radius 3 is 2.39 bits per heavy atom. The first-order valence-electron chi connectivity index (χ1n) is 10.4. The fraction of sp³-hybridized carbons (Fsp3) is 0.0741. The van der Waals surface area contributed by atoms with E-state index < -0.39 is 17.5 Å². The topological polar surface area (TPSA) is 85.6 Å². The van der Waals surface area contributed by atoms with Crippen molar-refractivity contribution >= 4 is 28.9 Å².